The van der Waals surface area contributed by atoms with Gasteiger partial charge in [-0.25, -0.2) is 0 Å². The Morgan fingerprint density at radius 1 is 1.31 bits per heavy atom. The van der Waals surface area contributed by atoms with E-state index in [0.717, 1.165) is 12.2 Å². The summed E-state index contributed by atoms with van der Waals surface area (Å²) in [6, 6.07) is 6.16. The highest BCUT2D eigenvalue weighted by Crippen LogP contribution is 2.33. The second kappa shape index (κ2) is 3.92. The van der Waals surface area contributed by atoms with Crippen molar-refractivity contribution in [3.8, 4) is 0 Å². The van der Waals surface area contributed by atoms with Crippen LogP contribution in [0.25, 0.3) is 0 Å². The summed E-state index contributed by atoms with van der Waals surface area (Å²) >= 11 is 0. The molecule has 0 spiro atoms. The monoisotopic (exact) mass is 201 g/mol. The molecule has 0 unspecified atom stereocenters. The minimum absolute atomic E-state index is 0.0501. The van der Waals surface area contributed by atoms with Crippen molar-refractivity contribution in [1.82, 2.24) is 0 Å². The lowest BCUT2D eigenvalue weighted by Gasteiger charge is -2.05. The molecule has 72 valence electrons. The first-order chi connectivity index (χ1) is 6.04. The number of nitrogens with one attached hydrogen (secondary N) is 1. The molecule has 0 radical (unpaired) electrons. The standard InChI is InChI=1S/C8H12NO3P/c1-2-9-7-3-5-8(6-4-7)13(10,11)12/h3-6,9H,2H2,1H3,(H2,10,11,12). The van der Waals surface area contributed by atoms with E-state index in [1.165, 1.54) is 12.1 Å². The van der Waals surface area contributed by atoms with Crippen LogP contribution in [0.1, 0.15) is 6.92 Å². The summed E-state index contributed by atoms with van der Waals surface area (Å²) in [4.78, 5) is 17.6. The first-order valence-electron chi connectivity index (χ1n) is 3.94. The van der Waals surface area contributed by atoms with Gasteiger partial charge in [0.2, 0.25) is 0 Å². The molecule has 0 aliphatic carbocycles. The fraction of sp³-hybridized carbons (Fsp3) is 0.250. The molecule has 1 aromatic carbocycles. The van der Waals surface area contributed by atoms with Gasteiger partial charge in [-0.2, -0.15) is 0 Å². The summed E-state index contributed by atoms with van der Waals surface area (Å²) in [5.41, 5.74) is 0.861. The Labute approximate surface area is 76.8 Å². The van der Waals surface area contributed by atoms with E-state index < -0.39 is 7.60 Å². The lowest BCUT2D eigenvalue weighted by molar-refractivity contribution is 0.387. The molecule has 0 saturated carbocycles. The Kier molecular flexibility index (Phi) is 3.09. The maximum Gasteiger partial charge on any atom is 0.356 e. The summed E-state index contributed by atoms with van der Waals surface area (Å²) < 4.78 is 10.8. The molecular weight excluding hydrogens is 189 g/mol. The number of hydrogen-bond acceptors (Lipinski definition) is 2. The lowest BCUT2D eigenvalue weighted by Crippen LogP contribution is -2.04. The molecule has 13 heavy (non-hydrogen) atoms. The molecule has 4 nitrogen and oxygen atoms in total. The normalized spacial score (nSPS) is 11.3. The Hall–Kier alpha value is -0.830. The summed E-state index contributed by atoms with van der Waals surface area (Å²) in [5, 5.41) is 3.08. The number of anilines is 1. The van der Waals surface area contributed by atoms with Gasteiger partial charge in [0.25, 0.3) is 0 Å². The third-order valence-corrected chi connectivity index (χ3v) is 2.56. The van der Waals surface area contributed by atoms with Gasteiger partial charge in [0.05, 0.1) is 5.30 Å². The Morgan fingerprint density at radius 2 is 1.85 bits per heavy atom. The van der Waals surface area contributed by atoms with E-state index in [0.29, 0.717) is 0 Å². The topological polar surface area (TPSA) is 69.6 Å². The van der Waals surface area contributed by atoms with Crippen molar-refractivity contribution in [2.24, 2.45) is 0 Å². The molecule has 0 aliphatic rings. The molecule has 1 aromatic rings. The first kappa shape index (κ1) is 10.3. The van der Waals surface area contributed by atoms with Crippen LogP contribution in [0.4, 0.5) is 5.69 Å². The van der Waals surface area contributed by atoms with Crippen molar-refractivity contribution < 1.29 is 14.4 Å². The van der Waals surface area contributed by atoms with Crippen molar-refractivity contribution in [2.45, 2.75) is 6.92 Å². The van der Waals surface area contributed by atoms with Crippen LogP contribution in [0.2, 0.25) is 0 Å². The first-order valence-corrected chi connectivity index (χ1v) is 5.55. The number of rotatable bonds is 3. The molecule has 0 heterocycles. The molecule has 5 heteroatoms. The molecule has 0 aromatic heterocycles. The third-order valence-electron chi connectivity index (χ3n) is 1.58. The highest BCUT2D eigenvalue weighted by atomic mass is 31.2. The Balaban J connectivity index is 2.88. The van der Waals surface area contributed by atoms with Crippen LogP contribution >= 0.6 is 7.60 Å². The van der Waals surface area contributed by atoms with Gasteiger partial charge in [-0.15, -0.1) is 0 Å². The van der Waals surface area contributed by atoms with Gasteiger partial charge in [0.1, 0.15) is 0 Å². The van der Waals surface area contributed by atoms with E-state index in [-0.39, 0.29) is 5.30 Å². The second-order valence-electron chi connectivity index (χ2n) is 2.62. The highest BCUT2D eigenvalue weighted by molar-refractivity contribution is 7.60. The van der Waals surface area contributed by atoms with Gasteiger partial charge < -0.3 is 15.1 Å². The minimum Gasteiger partial charge on any atom is -0.385 e. The van der Waals surface area contributed by atoms with E-state index in [1.54, 1.807) is 12.1 Å². The molecular formula is C8H12NO3P. The van der Waals surface area contributed by atoms with Crippen LogP contribution < -0.4 is 10.6 Å². The van der Waals surface area contributed by atoms with Crippen LogP contribution in [0.5, 0.6) is 0 Å². The minimum atomic E-state index is -4.08. The fourth-order valence-electron chi connectivity index (χ4n) is 0.978. The zero-order valence-electron chi connectivity index (χ0n) is 7.27. The zero-order chi connectivity index (χ0) is 9.90. The van der Waals surface area contributed by atoms with E-state index >= 15 is 0 Å². The largest absolute Gasteiger partial charge is 0.385 e. The van der Waals surface area contributed by atoms with Gasteiger partial charge in [-0.3, -0.25) is 4.57 Å². The molecule has 1 rings (SSSR count). The predicted octanol–water partition coefficient (Wildman–Crippen LogP) is 0.921. The molecule has 0 aliphatic heterocycles. The third kappa shape index (κ3) is 2.84. The van der Waals surface area contributed by atoms with Crippen molar-refractivity contribution >= 4 is 18.6 Å². The van der Waals surface area contributed by atoms with Gasteiger partial charge in [-0.1, -0.05) is 0 Å². The van der Waals surface area contributed by atoms with Crippen LogP contribution in [0.15, 0.2) is 24.3 Å². The maximum atomic E-state index is 10.8. The average molecular weight is 201 g/mol. The fourth-order valence-corrected chi connectivity index (χ4v) is 1.52. The van der Waals surface area contributed by atoms with Crippen LogP contribution in [-0.4, -0.2) is 16.3 Å². The highest BCUT2D eigenvalue weighted by Gasteiger charge is 2.15. The van der Waals surface area contributed by atoms with E-state index in [9.17, 15) is 4.57 Å². The summed E-state index contributed by atoms with van der Waals surface area (Å²) in [7, 11) is -4.08. The van der Waals surface area contributed by atoms with Gasteiger partial charge in [0.15, 0.2) is 0 Å². The summed E-state index contributed by atoms with van der Waals surface area (Å²) in [5.74, 6) is 0. The Bertz CT molecular complexity index is 317. The van der Waals surface area contributed by atoms with Crippen molar-refractivity contribution in [3.05, 3.63) is 24.3 Å². The maximum absolute atomic E-state index is 10.8. The van der Waals surface area contributed by atoms with E-state index in [1.807, 2.05) is 6.92 Å². The van der Waals surface area contributed by atoms with Crippen LogP contribution in [-0.2, 0) is 4.57 Å². The molecule has 0 amide bonds. The molecule has 3 N–H and O–H groups in total. The number of hydrogen-bond donors (Lipinski definition) is 3. The number of benzene rings is 1. The quantitative estimate of drug-likeness (QED) is 0.636. The molecule has 0 saturated heterocycles. The lowest BCUT2D eigenvalue weighted by atomic mass is 10.3. The molecule has 0 bridgehead atoms. The second-order valence-corrected chi connectivity index (χ2v) is 4.23. The van der Waals surface area contributed by atoms with Crippen LogP contribution in [0, 0.1) is 0 Å². The summed E-state index contributed by atoms with van der Waals surface area (Å²) in [6.07, 6.45) is 0. The van der Waals surface area contributed by atoms with Crippen molar-refractivity contribution in [1.29, 1.82) is 0 Å². The Morgan fingerprint density at radius 3 is 2.23 bits per heavy atom. The molecule has 0 fully saturated rings. The van der Waals surface area contributed by atoms with Gasteiger partial charge in [-0.05, 0) is 31.2 Å². The average Bonchev–Trinajstić information content (AvgIpc) is 2.04. The van der Waals surface area contributed by atoms with E-state index in [2.05, 4.69) is 5.32 Å². The zero-order valence-corrected chi connectivity index (χ0v) is 8.16. The van der Waals surface area contributed by atoms with Crippen molar-refractivity contribution in [3.63, 3.8) is 0 Å². The summed E-state index contributed by atoms with van der Waals surface area (Å²) in [6.45, 7) is 2.74. The van der Waals surface area contributed by atoms with Crippen LogP contribution in [0.3, 0.4) is 0 Å². The van der Waals surface area contributed by atoms with Gasteiger partial charge >= 0.3 is 7.60 Å². The van der Waals surface area contributed by atoms with Crippen molar-refractivity contribution in [2.75, 3.05) is 11.9 Å². The smallest absolute Gasteiger partial charge is 0.356 e. The van der Waals surface area contributed by atoms with E-state index in [4.69, 9.17) is 9.79 Å². The SMILES string of the molecule is CCNc1ccc(P(=O)(O)O)cc1. The predicted molar refractivity (Wildman–Crippen MR) is 52.3 cm³/mol. The molecule has 0 atom stereocenters. The van der Waals surface area contributed by atoms with Gasteiger partial charge in [0, 0.05) is 12.2 Å².